The molecule has 0 aliphatic heterocycles. The van der Waals surface area contributed by atoms with Crippen LogP contribution in [0, 0.1) is 10.7 Å². The number of hydrogen-bond donors (Lipinski definition) is 2. The molecule has 6 heteroatoms. The fourth-order valence-corrected chi connectivity index (χ4v) is 2.45. The quantitative estimate of drug-likeness (QED) is 0.830. The summed E-state index contributed by atoms with van der Waals surface area (Å²) in [5.41, 5.74) is 1.86. The molecule has 1 aromatic carbocycles. The number of aromatic amines is 1. The molecule has 1 aromatic heterocycles. The van der Waals surface area contributed by atoms with Crippen LogP contribution >= 0.6 is 23.8 Å². The Kier molecular flexibility index (Phi) is 4.83. The van der Waals surface area contributed by atoms with Crippen molar-refractivity contribution < 1.29 is 4.79 Å². The zero-order valence-electron chi connectivity index (χ0n) is 11.6. The molecule has 108 valence electrons. The largest absolute Gasteiger partial charge is 0.356 e. The number of carbonyl (C=O) groups excluding carboxylic acids is 1. The average molecular weight is 312 g/mol. The van der Waals surface area contributed by atoms with E-state index in [4.69, 9.17) is 23.8 Å². The smallest absolute Gasteiger partial charge is 0.221 e. The molecule has 0 bridgehead atoms. The fraction of sp³-hybridized carbons (Fsp3) is 0.429. The predicted octanol–water partition coefficient (Wildman–Crippen LogP) is 3.51. The molecule has 2 N–H and O–H groups in total. The normalized spacial score (nSPS) is 11.2. The van der Waals surface area contributed by atoms with E-state index in [9.17, 15) is 4.79 Å². The lowest BCUT2D eigenvalue weighted by Crippen LogP contribution is -2.28. The molecular formula is C14H18ClN3OS. The van der Waals surface area contributed by atoms with Crippen molar-refractivity contribution in [1.29, 1.82) is 0 Å². The zero-order chi connectivity index (χ0) is 14.7. The summed E-state index contributed by atoms with van der Waals surface area (Å²) < 4.78 is 2.54. The first-order valence-electron chi connectivity index (χ1n) is 6.62. The number of imidazole rings is 1. The molecule has 0 atom stereocenters. The maximum Gasteiger partial charge on any atom is 0.221 e. The van der Waals surface area contributed by atoms with Gasteiger partial charge in [0.1, 0.15) is 0 Å². The van der Waals surface area contributed by atoms with Gasteiger partial charge >= 0.3 is 0 Å². The number of fused-ring (bicyclic) bond motifs is 1. The lowest BCUT2D eigenvalue weighted by molar-refractivity contribution is -0.121. The van der Waals surface area contributed by atoms with Gasteiger partial charge in [-0.3, -0.25) is 4.79 Å². The van der Waals surface area contributed by atoms with Crippen molar-refractivity contribution in [3.8, 4) is 0 Å². The van der Waals surface area contributed by atoms with Crippen LogP contribution in [0.2, 0.25) is 5.02 Å². The standard InChI is InChI=1S/C14H18ClN3OS/c1-9(2)8-16-13(19)5-6-18-12-4-3-10(15)7-11(12)17-14(18)20/h3-4,7,9H,5-6,8H2,1-2H3,(H,16,19)(H,17,20). The van der Waals surface area contributed by atoms with Crippen molar-refractivity contribution in [2.24, 2.45) is 5.92 Å². The van der Waals surface area contributed by atoms with Gasteiger partial charge < -0.3 is 14.9 Å². The van der Waals surface area contributed by atoms with Gasteiger partial charge in [0.05, 0.1) is 11.0 Å². The Hall–Kier alpha value is -1.33. The SMILES string of the molecule is CC(C)CNC(=O)CCn1c(=S)[nH]c2cc(Cl)ccc21. The summed E-state index contributed by atoms with van der Waals surface area (Å²) in [5.74, 6) is 0.500. The summed E-state index contributed by atoms with van der Waals surface area (Å²) in [6.45, 7) is 5.40. The van der Waals surface area contributed by atoms with Crippen LogP contribution in [0.4, 0.5) is 0 Å². The molecule has 0 saturated carbocycles. The maximum absolute atomic E-state index is 11.8. The molecule has 0 spiro atoms. The van der Waals surface area contributed by atoms with Gasteiger partial charge in [0, 0.05) is 24.5 Å². The van der Waals surface area contributed by atoms with Crippen LogP contribution in [0.3, 0.4) is 0 Å². The van der Waals surface area contributed by atoms with Crippen molar-refractivity contribution in [3.05, 3.63) is 28.0 Å². The van der Waals surface area contributed by atoms with Crippen LogP contribution in [0.15, 0.2) is 18.2 Å². The van der Waals surface area contributed by atoms with Gasteiger partial charge in [-0.05, 0) is 36.3 Å². The number of carbonyl (C=O) groups is 1. The number of aromatic nitrogens is 2. The number of aryl methyl sites for hydroxylation is 1. The summed E-state index contributed by atoms with van der Waals surface area (Å²) in [4.78, 5) is 14.9. The Bertz CT molecular complexity index is 675. The van der Waals surface area contributed by atoms with E-state index >= 15 is 0 Å². The molecule has 0 unspecified atom stereocenters. The Balaban J connectivity index is 2.08. The van der Waals surface area contributed by atoms with E-state index in [0.717, 1.165) is 11.0 Å². The molecule has 4 nitrogen and oxygen atoms in total. The third-order valence-corrected chi connectivity index (χ3v) is 3.56. The third kappa shape index (κ3) is 3.61. The van der Waals surface area contributed by atoms with Crippen LogP contribution in [0.25, 0.3) is 11.0 Å². The first kappa shape index (κ1) is 15.1. The molecule has 2 aromatic rings. The van der Waals surface area contributed by atoms with Gasteiger partial charge in [-0.25, -0.2) is 0 Å². The number of nitrogens with zero attached hydrogens (tertiary/aromatic N) is 1. The molecule has 0 radical (unpaired) electrons. The molecule has 0 saturated heterocycles. The van der Waals surface area contributed by atoms with Gasteiger partial charge in [-0.1, -0.05) is 25.4 Å². The summed E-state index contributed by atoms with van der Waals surface area (Å²) in [5, 5.41) is 3.57. The molecule has 0 fully saturated rings. The molecule has 0 aliphatic carbocycles. The van der Waals surface area contributed by atoms with Gasteiger partial charge in [0.25, 0.3) is 0 Å². The lowest BCUT2D eigenvalue weighted by atomic mass is 10.2. The summed E-state index contributed by atoms with van der Waals surface area (Å²) >= 11 is 11.2. The highest BCUT2D eigenvalue weighted by atomic mass is 35.5. The Morgan fingerprint density at radius 1 is 1.50 bits per heavy atom. The van der Waals surface area contributed by atoms with Crippen LogP contribution in [0.5, 0.6) is 0 Å². The third-order valence-electron chi connectivity index (χ3n) is 3.01. The topological polar surface area (TPSA) is 49.8 Å². The number of nitrogens with one attached hydrogen (secondary N) is 2. The number of hydrogen-bond acceptors (Lipinski definition) is 2. The lowest BCUT2D eigenvalue weighted by Gasteiger charge is -2.08. The van der Waals surface area contributed by atoms with E-state index in [1.165, 1.54) is 0 Å². The molecule has 0 aliphatic rings. The van der Waals surface area contributed by atoms with Crippen LogP contribution in [-0.2, 0) is 11.3 Å². The van der Waals surface area contributed by atoms with E-state index in [1.54, 1.807) is 0 Å². The molecular weight excluding hydrogens is 294 g/mol. The van der Waals surface area contributed by atoms with E-state index in [1.807, 2.05) is 22.8 Å². The van der Waals surface area contributed by atoms with Gasteiger partial charge in [0.15, 0.2) is 4.77 Å². The molecule has 1 amide bonds. The first-order chi connectivity index (χ1) is 9.47. The monoisotopic (exact) mass is 311 g/mol. The second kappa shape index (κ2) is 6.41. The zero-order valence-corrected chi connectivity index (χ0v) is 13.1. The Labute approximate surface area is 128 Å². The highest BCUT2D eigenvalue weighted by Gasteiger charge is 2.07. The fourth-order valence-electron chi connectivity index (χ4n) is 1.98. The van der Waals surface area contributed by atoms with Crippen molar-refractivity contribution in [2.75, 3.05) is 6.54 Å². The summed E-state index contributed by atoms with van der Waals surface area (Å²) in [6, 6.07) is 5.57. The number of halogens is 1. The second-order valence-electron chi connectivity index (χ2n) is 5.19. The van der Waals surface area contributed by atoms with Crippen molar-refractivity contribution in [1.82, 2.24) is 14.9 Å². The van der Waals surface area contributed by atoms with Crippen LogP contribution in [-0.4, -0.2) is 22.0 Å². The highest BCUT2D eigenvalue weighted by molar-refractivity contribution is 7.71. The average Bonchev–Trinajstić information content (AvgIpc) is 2.68. The van der Waals surface area contributed by atoms with E-state index < -0.39 is 0 Å². The minimum absolute atomic E-state index is 0.0453. The number of benzene rings is 1. The second-order valence-corrected chi connectivity index (χ2v) is 6.01. The first-order valence-corrected chi connectivity index (χ1v) is 7.40. The van der Waals surface area contributed by atoms with Crippen molar-refractivity contribution >= 4 is 40.8 Å². The van der Waals surface area contributed by atoms with Crippen molar-refractivity contribution in [3.63, 3.8) is 0 Å². The molecule has 1 heterocycles. The highest BCUT2D eigenvalue weighted by Crippen LogP contribution is 2.19. The summed E-state index contributed by atoms with van der Waals surface area (Å²) in [7, 11) is 0. The van der Waals surface area contributed by atoms with E-state index in [2.05, 4.69) is 24.1 Å². The molecule has 2 rings (SSSR count). The minimum atomic E-state index is 0.0453. The number of H-pyrrole nitrogens is 1. The van der Waals surface area contributed by atoms with Gasteiger partial charge in [-0.2, -0.15) is 0 Å². The summed E-state index contributed by atoms with van der Waals surface area (Å²) in [6.07, 6.45) is 0.413. The number of amides is 1. The van der Waals surface area contributed by atoms with Crippen molar-refractivity contribution in [2.45, 2.75) is 26.8 Å². The molecule has 20 heavy (non-hydrogen) atoms. The minimum Gasteiger partial charge on any atom is -0.356 e. The Morgan fingerprint density at radius 2 is 2.25 bits per heavy atom. The van der Waals surface area contributed by atoms with Crippen LogP contribution < -0.4 is 5.32 Å². The van der Waals surface area contributed by atoms with E-state index in [0.29, 0.717) is 35.2 Å². The predicted molar refractivity (Wildman–Crippen MR) is 84.6 cm³/mol. The maximum atomic E-state index is 11.8. The van der Waals surface area contributed by atoms with Gasteiger partial charge in [-0.15, -0.1) is 0 Å². The Morgan fingerprint density at radius 3 is 2.95 bits per heavy atom. The van der Waals surface area contributed by atoms with Gasteiger partial charge in [0.2, 0.25) is 5.91 Å². The van der Waals surface area contributed by atoms with Crippen LogP contribution in [0.1, 0.15) is 20.3 Å². The van der Waals surface area contributed by atoms with E-state index in [-0.39, 0.29) is 5.91 Å². The number of rotatable bonds is 5.